The standard InChI is InChI=1S/C29H35NO2/c1-2-6-22-9-13-26(14-10-22)29(21-30)19-17-25(18-20-29)28(31)32-27-15-11-24(12-16-27)23-7-4-3-5-8-23/h3-5,7-8,11-12,15-16,22,25-26H,2,6,9-10,13-14,17-20H2,1H3. The van der Waals surface area contributed by atoms with Gasteiger partial charge in [-0.1, -0.05) is 75.1 Å². The third-order valence-electron chi connectivity index (χ3n) is 7.94. The van der Waals surface area contributed by atoms with Crippen LogP contribution in [-0.4, -0.2) is 5.97 Å². The van der Waals surface area contributed by atoms with E-state index in [1.54, 1.807) is 0 Å². The molecule has 2 fully saturated rings. The van der Waals surface area contributed by atoms with Crippen molar-refractivity contribution in [2.45, 2.75) is 71.1 Å². The van der Waals surface area contributed by atoms with Crippen LogP contribution in [0.4, 0.5) is 0 Å². The number of benzene rings is 2. The molecule has 32 heavy (non-hydrogen) atoms. The first-order valence-electron chi connectivity index (χ1n) is 12.4. The van der Waals surface area contributed by atoms with Crippen LogP contribution in [0.2, 0.25) is 0 Å². The monoisotopic (exact) mass is 429 g/mol. The first-order chi connectivity index (χ1) is 15.6. The predicted octanol–water partition coefficient (Wildman–Crippen LogP) is 7.57. The Morgan fingerprint density at radius 1 is 0.938 bits per heavy atom. The van der Waals surface area contributed by atoms with E-state index in [2.05, 4.69) is 25.1 Å². The molecule has 2 aromatic carbocycles. The van der Waals surface area contributed by atoms with Gasteiger partial charge in [0.15, 0.2) is 0 Å². The van der Waals surface area contributed by atoms with Gasteiger partial charge in [-0.15, -0.1) is 0 Å². The fraction of sp³-hybridized carbons (Fsp3) is 0.517. The van der Waals surface area contributed by atoms with Crippen LogP contribution in [-0.2, 0) is 4.79 Å². The van der Waals surface area contributed by atoms with Crippen molar-refractivity contribution in [2.24, 2.45) is 23.2 Å². The highest BCUT2D eigenvalue weighted by atomic mass is 16.5. The van der Waals surface area contributed by atoms with Gasteiger partial charge in [-0.25, -0.2) is 0 Å². The summed E-state index contributed by atoms with van der Waals surface area (Å²) in [4.78, 5) is 12.8. The molecule has 0 N–H and O–H groups in total. The smallest absolute Gasteiger partial charge is 0.314 e. The summed E-state index contributed by atoms with van der Waals surface area (Å²) in [6.45, 7) is 2.26. The molecule has 3 nitrogen and oxygen atoms in total. The van der Waals surface area contributed by atoms with Crippen LogP contribution in [0.25, 0.3) is 11.1 Å². The average Bonchev–Trinajstić information content (AvgIpc) is 2.86. The number of nitriles is 1. The lowest BCUT2D eigenvalue weighted by Crippen LogP contribution is -2.38. The van der Waals surface area contributed by atoms with Crippen LogP contribution in [0.1, 0.15) is 71.1 Å². The summed E-state index contributed by atoms with van der Waals surface area (Å²) < 4.78 is 5.71. The van der Waals surface area contributed by atoms with Gasteiger partial charge in [0.1, 0.15) is 5.75 Å². The van der Waals surface area contributed by atoms with Gasteiger partial charge < -0.3 is 4.74 Å². The van der Waals surface area contributed by atoms with Crippen molar-refractivity contribution in [1.82, 2.24) is 0 Å². The minimum absolute atomic E-state index is 0.0956. The predicted molar refractivity (Wildman–Crippen MR) is 128 cm³/mol. The van der Waals surface area contributed by atoms with E-state index < -0.39 is 0 Å². The summed E-state index contributed by atoms with van der Waals surface area (Å²) in [7, 11) is 0. The maximum atomic E-state index is 12.8. The Bertz CT molecular complexity index is 912. The Hall–Kier alpha value is -2.60. The van der Waals surface area contributed by atoms with E-state index in [4.69, 9.17) is 4.74 Å². The molecule has 0 aromatic heterocycles. The summed E-state index contributed by atoms with van der Waals surface area (Å²) in [5, 5.41) is 10.1. The van der Waals surface area contributed by atoms with Crippen molar-refractivity contribution in [1.29, 1.82) is 5.26 Å². The maximum absolute atomic E-state index is 12.8. The molecule has 0 amide bonds. The van der Waals surface area contributed by atoms with Gasteiger partial charge in [0.2, 0.25) is 0 Å². The van der Waals surface area contributed by atoms with Gasteiger partial charge in [-0.05, 0) is 73.6 Å². The van der Waals surface area contributed by atoms with Crippen LogP contribution < -0.4 is 4.74 Å². The molecule has 3 heteroatoms. The second-order valence-electron chi connectivity index (χ2n) is 9.86. The quantitative estimate of drug-likeness (QED) is 0.351. The lowest BCUT2D eigenvalue weighted by Gasteiger charge is -2.43. The fourth-order valence-electron chi connectivity index (χ4n) is 5.94. The molecule has 0 aliphatic heterocycles. The van der Waals surface area contributed by atoms with Crippen LogP contribution in [0, 0.1) is 34.5 Å². The third-order valence-corrected chi connectivity index (χ3v) is 7.94. The largest absolute Gasteiger partial charge is 0.426 e. The zero-order chi connectivity index (χ0) is 22.4. The van der Waals surface area contributed by atoms with Crippen LogP contribution in [0.15, 0.2) is 54.6 Å². The number of nitrogens with zero attached hydrogens (tertiary/aromatic N) is 1. The second kappa shape index (κ2) is 10.3. The molecule has 2 aliphatic rings. The Morgan fingerprint density at radius 2 is 1.56 bits per heavy atom. The van der Waals surface area contributed by atoms with Crippen LogP contribution in [0.5, 0.6) is 5.75 Å². The molecule has 0 spiro atoms. The SMILES string of the molecule is CCCC1CCC(C2(C#N)CCC(C(=O)Oc3ccc(-c4ccccc4)cc3)CC2)CC1. The van der Waals surface area contributed by atoms with Gasteiger partial charge in [-0.3, -0.25) is 4.79 Å². The van der Waals surface area contributed by atoms with E-state index in [1.807, 2.05) is 42.5 Å². The first-order valence-corrected chi connectivity index (χ1v) is 12.4. The molecule has 0 bridgehead atoms. The number of hydrogen-bond acceptors (Lipinski definition) is 3. The summed E-state index contributed by atoms with van der Waals surface area (Å²) >= 11 is 0. The Balaban J connectivity index is 1.31. The molecule has 0 heterocycles. The fourth-order valence-corrected chi connectivity index (χ4v) is 5.94. The number of hydrogen-bond donors (Lipinski definition) is 0. The molecule has 0 atom stereocenters. The van der Waals surface area contributed by atoms with Gasteiger partial charge in [0, 0.05) is 0 Å². The molecule has 2 aliphatic carbocycles. The molecule has 2 saturated carbocycles. The third kappa shape index (κ3) is 5.07. The van der Waals surface area contributed by atoms with Crippen molar-refractivity contribution in [2.75, 3.05) is 0 Å². The Kier molecular flexibility index (Phi) is 7.30. The highest BCUT2D eigenvalue weighted by Gasteiger charge is 2.44. The zero-order valence-corrected chi connectivity index (χ0v) is 19.3. The van der Waals surface area contributed by atoms with Gasteiger partial charge in [0.05, 0.1) is 17.4 Å². The Labute approximate surface area is 192 Å². The molecular weight excluding hydrogens is 394 g/mol. The molecule has 0 saturated heterocycles. The van der Waals surface area contributed by atoms with Crippen molar-refractivity contribution >= 4 is 5.97 Å². The molecular formula is C29H35NO2. The topological polar surface area (TPSA) is 50.1 Å². The lowest BCUT2D eigenvalue weighted by molar-refractivity contribution is -0.141. The van der Waals surface area contributed by atoms with E-state index in [0.29, 0.717) is 11.7 Å². The molecule has 0 radical (unpaired) electrons. The van der Waals surface area contributed by atoms with Crippen LogP contribution in [0.3, 0.4) is 0 Å². The highest BCUT2D eigenvalue weighted by molar-refractivity contribution is 5.75. The summed E-state index contributed by atoms with van der Waals surface area (Å²) in [6.07, 6.45) is 10.7. The molecule has 2 aromatic rings. The number of esters is 1. The van der Waals surface area contributed by atoms with Gasteiger partial charge >= 0.3 is 5.97 Å². The van der Waals surface area contributed by atoms with E-state index in [0.717, 1.165) is 42.7 Å². The highest BCUT2D eigenvalue weighted by Crippen LogP contribution is 2.50. The van der Waals surface area contributed by atoms with E-state index in [9.17, 15) is 10.1 Å². The van der Waals surface area contributed by atoms with E-state index >= 15 is 0 Å². The minimum atomic E-state index is -0.231. The summed E-state index contributed by atoms with van der Waals surface area (Å²) in [5.74, 6) is 1.72. The zero-order valence-electron chi connectivity index (χ0n) is 19.3. The Morgan fingerprint density at radius 3 is 2.16 bits per heavy atom. The number of carbonyl (C=O) groups excluding carboxylic acids is 1. The minimum Gasteiger partial charge on any atom is -0.426 e. The van der Waals surface area contributed by atoms with Gasteiger partial charge in [-0.2, -0.15) is 5.26 Å². The summed E-state index contributed by atoms with van der Waals surface area (Å²) in [5.41, 5.74) is 2.02. The maximum Gasteiger partial charge on any atom is 0.314 e. The number of rotatable bonds is 6. The van der Waals surface area contributed by atoms with Crippen LogP contribution >= 0.6 is 0 Å². The van der Waals surface area contributed by atoms with Gasteiger partial charge in [0.25, 0.3) is 0 Å². The number of carbonyl (C=O) groups is 1. The van der Waals surface area contributed by atoms with E-state index in [-0.39, 0.29) is 17.3 Å². The lowest BCUT2D eigenvalue weighted by atomic mass is 9.60. The van der Waals surface area contributed by atoms with Crippen molar-refractivity contribution in [3.8, 4) is 22.9 Å². The first kappa shape index (κ1) is 22.6. The van der Waals surface area contributed by atoms with Crippen molar-refractivity contribution < 1.29 is 9.53 Å². The average molecular weight is 430 g/mol. The van der Waals surface area contributed by atoms with Crippen molar-refractivity contribution in [3.63, 3.8) is 0 Å². The molecule has 4 rings (SSSR count). The second-order valence-corrected chi connectivity index (χ2v) is 9.86. The normalized spacial score (nSPS) is 27.9. The number of ether oxygens (including phenoxy) is 1. The van der Waals surface area contributed by atoms with Crippen molar-refractivity contribution in [3.05, 3.63) is 54.6 Å². The van der Waals surface area contributed by atoms with E-state index in [1.165, 1.54) is 38.5 Å². The molecule has 0 unspecified atom stereocenters. The summed E-state index contributed by atoms with van der Waals surface area (Å²) in [6, 6.07) is 20.6. The molecule has 168 valence electrons.